The largest absolute Gasteiger partial charge is 0.389 e. The highest BCUT2D eigenvalue weighted by atomic mass is 32.1. The van der Waals surface area contributed by atoms with Crippen LogP contribution in [-0.2, 0) is 0 Å². The molecule has 2 rings (SSSR count). The summed E-state index contributed by atoms with van der Waals surface area (Å²) in [6, 6.07) is 4.10. The van der Waals surface area contributed by atoms with Crippen LogP contribution in [0.3, 0.4) is 0 Å². The average molecular weight is 292 g/mol. The lowest BCUT2D eigenvalue weighted by Gasteiger charge is -2.16. The normalized spacial score (nSPS) is 12.2. The zero-order valence-corrected chi connectivity index (χ0v) is 12.7. The Morgan fingerprint density at radius 1 is 1.47 bits per heavy atom. The van der Waals surface area contributed by atoms with Gasteiger partial charge in [-0.15, -0.1) is 16.4 Å². The minimum absolute atomic E-state index is 0.134. The first-order chi connectivity index (χ1) is 8.99. The molecule has 0 bridgehead atoms. The number of nitrogens with two attached hydrogens (primary N) is 1. The topological polar surface area (TPSA) is 63.8 Å². The van der Waals surface area contributed by atoms with E-state index in [2.05, 4.69) is 42.4 Å². The Morgan fingerprint density at radius 2 is 2.21 bits per heavy atom. The number of aryl methyl sites for hydroxylation is 2. The lowest BCUT2D eigenvalue weighted by atomic mass is 10.1. The van der Waals surface area contributed by atoms with Crippen molar-refractivity contribution in [1.82, 2.24) is 10.2 Å². The van der Waals surface area contributed by atoms with Gasteiger partial charge in [0, 0.05) is 9.75 Å². The second-order valence-electron chi connectivity index (χ2n) is 4.39. The van der Waals surface area contributed by atoms with Crippen LogP contribution in [0.25, 0.3) is 0 Å². The lowest BCUT2D eigenvalue weighted by molar-refractivity contribution is 0.857. The van der Waals surface area contributed by atoms with Gasteiger partial charge < -0.3 is 11.1 Å². The van der Waals surface area contributed by atoms with Gasteiger partial charge in [0.15, 0.2) is 5.82 Å². The van der Waals surface area contributed by atoms with E-state index >= 15 is 0 Å². The maximum Gasteiger partial charge on any atom is 0.159 e. The highest BCUT2D eigenvalue weighted by Crippen LogP contribution is 2.28. The minimum Gasteiger partial charge on any atom is -0.389 e. The Hall–Kier alpha value is -1.53. The molecule has 2 aromatic heterocycles. The maximum atomic E-state index is 5.69. The molecule has 2 aromatic rings. The molecule has 100 valence electrons. The first-order valence-electron chi connectivity index (χ1n) is 5.94. The highest BCUT2D eigenvalue weighted by molar-refractivity contribution is 7.80. The molecule has 0 amide bonds. The number of thiocarbonyl (C=S) groups is 1. The van der Waals surface area contributed by atoms with E-state index in [1.165, 1.54) is 15.3 Å². The van der Waals surface area contributed by atoms with Crippen molar-refractivity contribution in [2.24, 2.45) is 5.73 Å². The Labute approximate surface area is 122 Å². The van der Waals surface area contributed by atoms with Crippen molar-refractivity contribution >= 4 is 34.4 Å². The van der Waals surface area contributed by atoms with Crippen LogP contribution in [0.1, 0.15) is 33.8 Å². The van der Waals surface area contributed by atoms with Crippen molar-refractivity contribution in [2.75, 3.05) is 5.32 Å². The van der Waals surface area contributed by atoms with Crippen molar-refractivity contribution in [3.63, 3.8) is 0 Å². The molecule has 3 N–H and O–H groups in total. The average Bonchev–Trinajstić information content (AvgIpc) is 2.69. The molecule has 1 unspecified atom stereocenters. The van der Waals surface area contributed by atoms with E-state index in [4.69, 9.17) is 18.0 Å². The molecule has 0 aliphatic rings. The standard InChI is InChI=1S/C13H16N4S2/c1-7-6-11(9(3)19-7)8(2)16-13-10(12(14)18)4-5-15-17-13/h4-6,8H,1-3H3,(H2,14,18)(H,16,17). The monoisotopic (exact) mass is 292 g/mol. The zero-order valence-electron chi connectivity index (χ0n) is 11.1. The van der Waals surface area contributed by atoms with Gasteiger partial charge in [-0.3, -0.25) is 0 Å². The first-order valence-corrected chi connectivity index (χ1v) is 7.16. The number of thiophene rings is 1. The Balaban J connectivity index is 2.26. The molecule has 0 saturated carbocycles. The van der Waals surface area contributed by atoms with Crippen molar-refractivity contribution in [2.45, 2.75) is 26.8 Å². The fourth-order valence-electron chi connectivity index (χ4n) is 2.00. The molecule has 0 saturated heterocycles. The van der Waals surface area contributed by atoms with Crippen LogP contribution in [0.4, 0.5) is 5.82 Å². The molecule has 0 aliphatic heterocycles. The molecule has 19 heavy (non-hydrogen) atoms. The molecule has 0 spiro atoms. The summed E-state index contributed by atoms with van der Waals surface area (Å²) in [4.78, 5) is 2.93. The summed E-state index contributed by atoms with van der Waals surface area (Å²) >= 11 is 6.81. The zero-order chi connectivity index (χ0) is 14.0. The SMILES string of the molecule is Cc1cc(C(C)Nc2nnccc2C(N)=S)c(C)s1. The van der Waals surface area contributed by atoms with Crippen molar-refractivity contribution < 1.29 is 0 Å². The van der Waals surface area contributed by atoms with Crippen LogP contribution in [0, 0.1) is 13.8 Å². The summed E-state index contributed by atoms with van der Waals surface area (Å²) < 4.78 is 0. The first kappa shape index (κ1) is 13.9. The van der Waals surface area contributed by atoms with Gasteiger partial charge in [-0.05, 0) is 38.5 Å². The third kappa shape index (κ3) is 3.08. The summed E-state index contributed by atoms with van der Waals surface area (Å²) in [5.41, 5.74) is 7.68. The van der Waals surface area contributed by atoms with Crippen molar-refractivity contribution in [1.29, 1.82) is 0 Å². The van der Waals surface area contributed by atoms with Gasteiger partial charge in [-0.2, -0.15) is 5.10 Å². The van der Waals surface area contributed by atoms with E-state index in [1.54, 1.807) is 23.6 Å². The number of hydrogen-bond donors (Lipinski definition) is 2. The molecule has 0 radical (unpaired) electrons. The van der Waals surface area contributed by atoms with Gasteiger partial charge in [0.2, 0.25) is 0 Å². The third-order valence-corrected chi connectivity index (χ3v) is 4.09. The lowest BCUT2D eigenvalue weighted by Crippen LogP contribution is -2.16. The van der Waals surface area contributed by atoms with Crippen LogP contribution in [0.15, 0.2) is 18.3 Å². The van der Waals surface area contributed by atoms with E-state index < -0.39 is 0 Å². The summed E-state index contributed by atoms with van der Waals surface area (Å²) in [6.45, 7) is 6.32. The number of aromatic nitrogens is 2. The fourth-order valence-corrected chi connectivity index (χ4v) is 3.19. The van der Waals surface area contributed by atoms with E-state index in [1.807, 2.05) is 0 Å². The van der Waals surface area contributed by atoms with Crippen molar-refractivity contribution in [3.8, 4) is 0 Å². The van der Waals surface area contributed by atoms with Crippen LogP contribution in [-0.4, -0.2) is 15.2 Å². The number of anilines is 1. The highest BCUT2D eigenvalue weighted by Gasteiger charge is 2.14. The molecule has 0 aliphatic carbocycles. The van der Waals surface area contributed by atoms with Gasteiger partial charge >= 0.3 is 0 Å². The number of hydrogen-bond acceptors (Lipinski definition) is 5. The van der Waals surface area contributed by atoms with Crippen LogP contribution in [0.2, 0.25) is 0 Å². The Kier molecular flexibility index (Phi) is 4.11. The Bertz CT molecular complexity index is 606. The van der Waals surface area contributed by atoms with E-state index in [0.29, 0.717) is 10.8 Å². The predicted octanol–water partition coefficient (Wildman–Crippen LogP) is 2.96. The van der Waals surface area contributed by atoms with Gasteiger partial charge in [-0.1, -0.05) is 12.2 Å². The smallest absolute Gasteiger partial charge is 0.159 e. The van der Waals surface area contributed by atoms with E-state index in [-0.39, 0.29) is 6.04 Å². The fraction of sp³-hybridized carbons (Fsp3) is 0.308. The van der Waals surface area contributed by atoms with Gasteiger partial charge in [0.25, 0.3) is 0 Å². The molecule has 2 heterocycles. The van der Waals surface area contributed by atoms with E-state index in [0.717, 1.165) is 5.56 Å². The second kappa shape index (κ2) is 5.63. The quantitative estimate of drug-likeness (QED) is 0.848. The molecule has 6 heteroatoms. The predicted molar refractivity (Wildman–Crippen MR) is 83.8 cm³/mol. The molecular formula is C13H16N4S2. The minimum atomic E-state index is 0.134. The van der Waals surface area contributed by atoms with Gasteiger partial charge in [0.05, 0.1) is 17.8 Å². The summed E-state index contributed by atoms with van der Waals surface area (Å²) in [5, 5.41) is 11.3. The molecule has 1 atom stereocenters. The molecular weight excluding hydrogens is 276 g/mol. The maximum absolute atomic E-state index is 5.69. The molecule has 4 nitrogen and oxygen atoms in total. The number of rotatable bonds is 4. The van der Waals surface area contributed by atoms with Gasteiger partial charge in [0.1, 0.15) is 4.99 Å². The second-order valence-corrected chi connectivity index (χ2v) is 6.29. The number of nitrogens with zero attached hydrogens (tertiary/aromatic N) is 2. The van der Waals surface area contributed by atoms with Crippen LogP contribution >= 0.6 is 23.6 Å². The molecule has 0 aromatic carbocycles. The van der Waals surface area contributed by atoms with Crippen molar-refractivity contribution in [3.05, 3.63) is 39.2 Å². The molecule has 0 fully saturated rings. The Morgan fingerprint density at radius 3 is 2.79 bits per heavy atom. The summed E-state index contributed by atoms with van der Waals surface area (Å²) in [6.07, 6.45) is 1.59. The van der Waals surface area contributed by atoms with Crippen LogP contribution < -0.4 is 11.1 Å². The van der Waals surface area contributed by atoms with E-state index in [9.17, 15) is 0 Å². The summed E-state index contributed by atoms with van der Waals surface area (Å²) in [5.74, 6) is 0.630. The number of nitrogens with one attached hydrogen (secondary N) is 1. The summed E-state index contributed by atoms with van der Waals surface area (Å²) in [7, 11) is 0. The van der Waals surface area contributed by atoms with Gasteiger partial charge in [-0.25, -0.2) is 0 Å². The third-order valence-electron chi connectivity index (χ3n) is 2.89. The van der Waals surface area contributed by atoms with Crippen LogP contribution in [0.5, 0.6) is 0 Å².